The van der Waals surface area contributed by atoms with Crippen molar-refractivity contribution in [2.75, 3.05) is 7.11 Å². The van der Waals surface area contributed by atoms with E-state index in [1.807, 2.05) is 0 Å². The number of hydrogen-bond acceptors (Lipinski definition) is 6. The van der Waals surface area contributed by atoms with Crippen LogP contribution in [0.1, 0.15) is 26.4 Å². The SMILES string of the molecule is COc1cc(/C=N/NC(=O)c2ccccn2)ccc1OC(=O)c1ccc(Br)cc1. The van der Waals surface area contributed by atoms with Gasteiger partial charge in [0.15, 0.2) is 11.5 Å². The zero-order valence-corrected chi connectivity index (χ0v) is 16.9. The number of halogens is 1. The van der Waals surface area contributed by atoms with E-state index in [0.29, 0.717) is 16.9 Å². The zero-order valence-electron chi connectivity index (χ0n) is 15.3. The molecule has 3 rings (SSSR count). The number of carbonyl (C=O) groups excluding carboxylic acids is 2. The van der Waals surface area contributed by atoms with Gasteiger partial charge in [0.2, 0.25) is 0 Å². The van der Waals surface area contributed by atoms with Crippen LogP contribution in [0.2, 0.25) is 0 Å². The summed E-state index contributed by atoms with van der Waals surface area (Å²) in [5, 5.41) is 3.91. The van der Waals surface area contributed by atoms with Crippen LogP contribution in [0.5, 0.6) is 11.5 Å². The second-order valence-corrected chi connectivity index (χ2v) is 6.64. The monoisotopic (exact) mass is 453 g/mol. The van der Waals surface area contributed by atoms with Gasteiger partial charge < -0.3 is 9.47 Å². The summed E-state index contributed by atoms with van der Waals surface area (Å²) in [5.74, 6) is -0.292. The molecule has 8 heteroatoms. The Morgan fingerprint density at radius 2 is 1.86 bits per heavy atom. The zero-order chi connectivity index (χ0) is 20.6. The number of pyridine rings is 1. The van der Waals surface area contributed by atoms with Crippen molar-refractivity contribution in [2.45, 2.75) is 0 Å². The highest BCUT2D eigenvalue weighted by Crippen LogP contribution is 2.28. The smallest absolute Gasteiger partial charge is 0.343 e. The standard InChI is InChI=1S/C21H16BrN3O4/c1-28-19-12-14(13-24-25-20(26)17-4-2-3-11-23-17)5-10-18(19)29-21(27)15-6-8-16(22)9-7-15/h2-13H,1H3,(H,25,26)/b24-13+. The van der Waals surface area contributed by atoms with Gasteiger partial charge in [0.05, 0.1) is 18.9 Å². The molecule has 0 spiro atoms. The molecule has 2 aromatic carbocycles. The lowest BCUT2D eigenvalue weighted by molar-refractivity contribution is 0.0729. The molecule has 0 aliphatic rings. The maximum atomic E-state index is 12.3. The van der Waals surface area contributed by atoms with Crippen molar-refractivity contribution in [3.8, 4) is 11.5 Å². The first-order chi connectivity index (χ1) is 14.1. The predicted molar refractivity (Wildman–Crippen MR) is 111 cm³/mol. The third-order valence-corrected chi connectivity index (χ3v) is 4.28. The second kappa shape index (κ2) is 9.61. The molecule has 0 aliphatic heterocycles. The summed E-state index contributed by atoms with van der Waals surface area (Å²) in [6.07, 6.45) is 2.97. The van der Waals surface area contributed by atoms with E-state index in [0.717, 1.165) is 4.47 Å². The highest BCUT2D eigenvalue weighted by Gasteiger charge is 2.13. The lowest BCUT2D eigenvalue weighted by atomic mass is 10.2. The van der Waals surface area contributed by atoms with Crippen molar-refractivity contribution in [3.63, 3.8) is 0 Å². The van der Waals surface area contributed by atoms with Crippen molar-refractivity contribution < 1.29 is 19.1 Å². The van der Waals surface area contributed by atoms with Crippen molar-refractivity contribution >= 4 is 34.0 Å². The Morgan fingerprint density at radius 3 is 2.55 bits per heavy atom. The molecule has 0 unspecified atom stereocenters. The molecule has 3 aromatic rings. The van der Waals surface area contributed by atoms with Crippen LogP contribution in [0, 0.1) is 0 Å². The first-order valence-electron chi connectivity index (χ1n) is 8.47. The van der Waals surface area contributed by atoms with Crippen LogP contribution in [0.4, 0.5) is 0 Å². The number of hydrogen-bond donors (Lipinski definition) is 1. The molecular weight excluding hydrogens is 438 g/mol. The molecule has 0 radical (unpaired) electrons. The average Bonchev–Trinajstić information content (AvgIpc) is 2.75. The topological polar surface area (TPSA) is 89.9 Å². The van der Waals surface area contributed by atoms with E-state index < -0.39 is 11.9 Å². The highest BCUT2D eigenvalue weighted by molar-refractivity contribution is 9.10. The van der Waals surface area contributed by atoms with Crippen molar-refractivity contribution in [2.24, 2.45) is 5.10 Å². The number of aromatic nitrogens is 1. The molecule has 0 bridgehead atoms. The third kappa shape index (κ3) is 5.49. The lowest BCUT2D eigenvalue weighted by Gasteiger charge is -2.10. The number of hydrazone groups is 1. The Balaban J connectivity index is 1.67. The van der Waals surface area contributed by atoms with E-state index in [2.05, 4.69) is 31.4 Å². The summed E-state index contributed by atoms with van der Waals surface area (Å²) in [6.45, 7) is 0. The summed E-state index contributed by atoms with van der Waals surface area (Å²) < 4.78 is 11.6. The molecule has 1 aromatic heterocycles. The van der Waals surface area contributed by atoms with E-state index in [9.17, 15) is 9.59 Å². The number of nitrogens with zero attached hydrogens (tertiary/aromatic N) is 2. The van der Waals surface area contributed by atoms with Crippen LogP contribution < -0.4 is 14.9 Å². The fourth-order valence-corrected chi connectivity index (χ4v) is 2.58. The fourth-order valence-electron chi connectivity index (χ4n) is 2.31. The molecule has 1 amide bonds. The lowest BCUT2D eigenvalue weighted by Crippen LogP contribution is -2.18. The van der Waals surface area contributed by atoms with E-state index >= 15 is 0 Å². The Bertz CT molecular complexity index is 1040. The molecule has 0 aliphatic carbocycles. The van der Waals surface area contributed by atoms with Crippen molar-refractivity contribution in [1.29, 1.82) is 0 Å². The van der Waals surface area contributed by atoms with Gasteiger partial charge in [-0.25, -0.2) is 10.2 Å². The summed E-state index contributed by atoms with van der Waals surface area (Å²) in [4.78, 5) is 28.1. The predicted octanol–water partition coefficient (Wildman–Crippen LogP) is 3.84. The van der Waals surface area contributed by atoms with Crippen LogP contribution in [0.15, 0.2) is 76.4 Å². The van der Waals surface area contributed by atoms with Crippen LogP contribution in [-0.4, -0.2) is 30.2 Å². The van der Waals surface area contributed by atoms with E-state index in [-0.39, 0.29) is 11.4 Å². The number of amides is 1. The molecule has 0 saturated carbocycles. The van der Waals surface area contributed by atoms with Gasteiger partial charge in [0, 0.05) is 10.7 Å². The van der Waals surface area contributed by atoms with E-state index in [1.165, 1.54) is 19.5 Å². The Hall–Kier alpha value is -3.52. The van der Waals surface area contributed by atoms with Gasteiger partial charge in [0.1, 0.15) is 5.69 Å². The number of esters is 1. The number of carbonyl (C=O) groups is 2. The van der Waals surface area contributed by atoms with Crippen molar-refractivity contribution in [1.82, 2.24) is 10.4 Å². The molecule has 0 fully saturated rings. The molecular formula is C21H16BrN3O4. The number of benzene rings is 2. The minimum atomic E-state index is -0.500. The van der Waals surface area contributed by atoms with Gasteiger partial charge in [-0.15, -0.1) is 0 Å². The summed E-state index contributed by atoms with van der Waals surface area (Å²) in [7, 11) is 1.47. The van der Waals surface area contributed by atoms with Gasteiger partial charge in [-0.05, 0) is 60.2 Å². The molecule has 29 heavy (non-hydrogen) atoms. The quantitative estimate of drug-likeness (QED) is 0.265. The molecule has 7 nitrogen and oxygen atoms in total. The Labute approximate surface area is 175 Å². The largest absolute Gasteiger partial charge is 0.493 e. The average molecular weight is 454 g/mol. The molecule has 1 N–H and O–H groups in total. The van der Waals surface area contributed by atoms with Gasteiger partial charge in [0.25, 0.3) is 5.91 Å². The molecule has 1 heterocycles. The number of nitrogens with one attached hydrogen (secondary N) is 1. The van der Waals surface area contributed by atoms with E-state index in [1.54, 1.807) is 60.7 Å². The highest BCUT2D eigenvalue weighted by atomic mass is 79.9. The molecule has 0 atom stereocenters. The maximum absolute atomic E-state index is 12.3. The first-order valence-corrected chi connectivity index (χ1v) is 9.26. The Kier molecular flexibility index (Phi) is 6.70. The van der Waals surface area contributed by atoms with Gasteiger partial charge in [-0.3, -0.25) is 9.78 Å². The van der Waals surface area contributed by atoms with Crippen LogP contribution in [-0.2, 0) is 0 Å². The fraction of sp³-hybridized carbons (Fsp3) is 0.0476. The summed E-state index contributed by atoms with van der Waals surface area (Å²) in [5.41, 5.74) is 3.72. The molecule has 146 valence electrons. The second-order valence-electron chi connectivity index (χ2n) is 5.72. The van der Waals surface area contributed by atoms with Crippen LogP contribution in [0.3, 0.4) is 0 Å². The number of ether oxygens (including phenoxy) is 2. The van der Waals surface area contributed by atoms with Gasteiger partial charge >= 0.3 is 5.97 Å². The normalized spacial score (nSPS) is 10.6. The summed E-state index contributed by atoms with van der Waals surface area (Å²) in [6, 6.07) is 16.8. The first kappa shape index (κ1) is 20.2. The third-order valence-electron chi connectivity index (χ3n) is 3.75. The van der Waals surface area contributed by atoms with Gasteiger partial charge in [-0.2, -0.15) is 5.10 Å². The summed E-state index contributed by atoms with van der Waals surface area (Å²) >= 11 is 3.32. The Morgan fingerprint density at radius 1 is 1.07 bits per heavy atom. The van der Waals surface area contributed by atoms with E-state index in [4.69, 9.17) is 9.47 Å². The minimum Gasteiger partial charge on any atom is -0.493 e. The maximum Gasteiger partial charge on any atom is 0.343 e. The van der Waals surface area contributed by atoms with Gasteiger partial charge in [-0.1, -0.05) is 22.0 Å². The van der Waals surface area contributed by atoms with Crippen molar-refractivity contribution in [3.05, 3.63) is 88.2 Å². The van der Waals surface area contributed by atoms with Crippen LogP contribution in [0.25, 0.3) is 0 Å². The minimum absolute atomic E-state index is 0.262. The number of rotatable bonds is 6. The van der Waals surface area contributed by atoms with Crippen LogP contribution >= 0.6 is 15.9 Å². The number of methoxy groups -OCH3 is 1. The molecule has 0 saturated heterocycles.